The first kappa shape index (κ1) is 24.1. The molecule has 7 nitrogen and oxygen atoms in total. The molecule has 0 unspecified atom stereocenters. The summed E-state index contributed by atoms with van der Waals surface area (Å²) in [7, 11) is 0. The summed E-state index contributed by atoms with van der Waals surface area (Å²) < 4.78 is 26.5. The van der Waals surface area contributed by atoms with Crippen LogP contribution in [0, 0.1) is 5.82 Å². The Morgan fingerprint density at radius 3 is 2.54 bits per heavy atom. The summed E-state index contributed by atoms with van der Waals surface area (Å²) in [6.45, 7) is 3.19. The highest BCUT2D eigenvalue weighted by Crippen LogP contribution is 2.26. The highest BCUT2D eigenvalue weighted by molar-refractivity contribution is 6.12. The number of rotatable bonds is 9. The average Bonchev–Trinajstić information content (AvgIpc) is 3.35. The molecule has 0 saturated carbocycles. The maximum atomic E-state index is 13.9. The van der Waals surface area contributed by atoms with Gasteiger partial charge in [-0.3, -0.25) is 4.79 Å². The summed E-state index contributed by atoms with van der Waals surface area (Å²) in [5, 5.41) is 9.32. The van der Waals surface area contributed by atoms with Gasteiger partial charge in [0.15, 0.2) is 5.82 Å². The molecule has 0 bridgehead atoms. The van der Waals surface area contributed by atoms with Gasteiger partial charge in [0.25, 0.3) is 5.91 Å². The lowest BCUT2D eigenvalue weighted by atomic mass is 10.0. The maximum absolute atomic E-state index is 13.9. The van der Waals surface area contributed by atoms with E-state index in [1.54, 1.807) is 47.1 Å². The summed E-state index contributed by atoms with van der Waals surface area (Å²) in [6, 6.07) is 26.9. The zero-order chi connectivity index (χ0) is 25.6. The summed E-state index contributed by atoms with van der Waals surface area (Å²) in [6.07, 6.45) is 0. The summed E-state index contributed by atoms with van der Waals surface area (Å²) in [5.74, 6) is -0.147. The number of benzene rings is 4. The molecule has 0 saturated heterocycles. The molecule has 0 atom stereocenters. The van der Waals surface area contributed by atoms with Gasteiger partial charge in [-0.2, -0.15) is 4.98 Å². The van der Waals surface area contributed by atoms with Crippen molar-refractivity contribution in [1.29, 1.82) is 0 Å². The van der Waals surface area contributed by atoms with Crippen molar-refractivity contribution in [3.8, 4) is 23.1 Å². The van der Waals surface area contributed by atoms with Crippen molar-refractivity contribution in [3.63, 3.8) is 0 Å². The fourth-order valence-electron chi connectivity index (χ4n) is 3.99. The first-order valence-corrected chi connectivity index (χ1v) is 12.0. The molecule has 1 N–H and O–H groups in total. The molecule has 186 valence electrons. The van der Waals surface area contributed by atoms with Crippen molar-refractivity contribution >= 4 is 22.4 Å². The van der Waals surface area contributed by atoms with E-state index >= 15 is 0 Å². The predicted octanol–water partition coefficient (Wildman–Crippen LogP) is 5.89. The number of fused-ring (bicyclic) bond motifs is 1. The van der Waals surface area contributed by atoms with Crippen LogP contribution in [0.3, 0.4) is 0 Å². The Morgan fingerprint density at radius 1 is 0.946 bits per heavy atom. The zero-order valence-corrected chi connectivity index (χ0v) is 20.2. The monoisotopic (exact) mass is 496 g/mol. The maximum Gasteiger partial charge on any atom is 0.336 e. The van der Waals surface area contributed by atoms with Gasteiger partial charge in [0, 0.05) is 23.4 Å². The molecule has 5 rings (SSSR count). The van der Waals surface area contributed by atoms with Crippen molar-refractivity contribution in [1.82, 2.24) is 14.8 Å². The Morgan fingerprint density at radius 2 is 1.73 bits per heavy atom. The number of carbonyl (C=O) groups excluding carboxylic acids is 1. The van der Waals surface area contributed by atoms with Crippen LogP contribution in [0.15, 0.2) is 91.0 Å². The second-order valence-corrected chi connectivity index (χ2v) is 8.21. The second-order valence-electron chi connectivity index (χ2n) is 8.21. The lowest BCUT2D eigenvalue weighted by Gasteiger charge is -2.10. The topological polar surface area (TPSA) is 78.3 Å². The Balaban J connectivity index is 1.40. The molecular formula is C29H25FN4O3. The number of amides is 1. The summed E-state index contributed by atoms with van der Waals surface area (Å²) >= 11 is 0. The molecule has 0 aliphatic rings. The molecule has 4 aromatic carbocycles. The lowest BCUT2D eigenvalue weighted by molar-refractivity contribution is 0.102. The fourth-order valence-corrected chi connectivity index (χ4v) is 3.99. The molecule has 8 heteroatoms. The van der Waals surface area contributed by atoms with Crippen molar-refractivity contribution in [2.75, 3.05) is 25.1 Å². The van der Waals surface area contributed by atoms with Gasteiger partial charge in [0.1, 0.15) is 12.4 Å². The van der Waals surface area contributed by atoms with E-state index in [1.165, 1.54) is 12.1 Å². The van der Waals surface area contributed by atoms with Crippen molar-refractivity contribution in [2.24, 2.45) is 0 Å². The third-order valence-electron chi connectivity index (χ3n) is 5.74. The third-order valence-corrected chi connectivity index (χ3v) is 5.74. The fraction of sp³-hybridized carbons (Fsp3) is 0.138. The largest absolute Gasteiger partial charge is 0.460 e. The molecule has 0 spiro atoms. The van der Waals surface area contributed by atoms with Gasteiger partial charge in [-0.25, -0.2) is 9.07 Å². The van der Waals surface area contributed by atoms with Gasteiger partial charge in [0.2, 0.25) is 0 Å². The quantitative estimate of drug-likeness (QED) is 0.257. The van der Waals surface area contributed by atoms with E-state index in [2.05, 4.69) is 15.4 Å². The van der Waals surface area contributed by atoms with Crippen LogP contribution >= 0.6 is 0 Å². The number of carbonyl (C=O) groups is 1. The van der Waals surface area contributed by atoms with Crippen LogP contribution in [0.4, 0.5) is 10.1 Å². The highest BCUT2D eigenvalue weighted by Gasteiger charge is 2.16. The van der Waals surface area contributed by atoms with Crippen LogP contribution in [0.5, 0.6) is 6.01 Å². The van der Waals surface area contributed by atoms with E-state index in [1.807, 2.05) is 43.3 Å². The minimum absolute atomic E-state index is 0.160. The Kier molecular flexibility index (Phi) is 7.19. The van der Waals surface area contributed by atoms with Crippen LogP contribution < -0.4 is 10.1 Å². The Labute approximate surface area is 213 Å². The van der Waals surface area contributed by atoms with Gasteiger partial charge in [-0.15, -0.1) is 5.10 Å². The summed E-state index contributed by atoms with van der Waals surface area (Å²) in [4.78, 5) is 17.5. The second kappa shape index (κ2) is 11.0. The van der Waals surface area contributed by atoms with Crippen LogP contribution in [0.1, 0.15) is 17.3 Å². The molecule has 0 fully saturated rings. The van der Waals surface area contributed by atoms with Crippen LogP contribution in [0.25, 0.3) is 27.8 Å². The number of aromatic nitrogens is 3. The number of halogens is 1. The Bertz CT molecular complexity index is 1530. The normalized spacial score (nSPS) is 11.0. The van der Waals surface area contributed by atoms with Crippen molar-refractivity contribution < 1.29 is 18.7 Å². The number of nitrogens with one attached hydrogen (secondary N) is 1. The van der Waals surface area contributed by atoms with Gasteiger partial charge in [0.05, 0.1) is 12.3 Å². The lowest BCUT2D eigenvalue weighted by Crippen LogP contribution is -2.12. The predicted molar refractivity (Wildman–Crippen MR) is 141 cm³/mol. The molecule has 1 heterocycles. The van der Waals surface area contributed by atoms with Gasteiger partial charge >= 0.3 is 6.01 Å². The number of hydrogen-bond acceptors (Lipinski definition) is 5. The standard InChI is InChI=1S/C29H25FN4O3/c1-2-36-17-18-37-29-32-27(21-9-5-10-22(30)19-21)34(33-29)24-15-13-23(14-16-24)31-28(35)26-12-6-8-20-7-3-4-11-25(20)26/h3-16,19H,2,17-18H2,1H3,(H,31,35). The molecule has 37 heavy (non-hydrogen) atoms. The minimum atomic E-state index is -0.377. The molecule has 0 aliphatic carbocycles. The highest BCUT2D eigenvalue weighted by atomic mass is 19.1. The van der Waals surface area contributed by atoms with E-state index in [0.29, 0.717) is 48.1 Å². The molecule has 0 aliphatic heterocycles. The van der Waals surface area contributed by atoms with Crippen LogP contribution in [-0.4, -0.2) is 40.5 Å². The van der Waals surface area contributed by atoms with E-state index < -0.39 is 0 Å². The van der Waals surface area contributed by atoms with Gasteiger partial charge in [-0.1, -0.05) is 48.5 Å². The first-order chi connectivity index (χ1) is 18.1. The number of hydrogen-bond donors (Lipinski definition) is 1. The molecule has 1 aromatic heterocycles. The number of anilines is 1. The zero-order valence-electron chi connectivity index (χ0n) is 20.2. The molecule has 0 radical (unpaired) electrons. The number of ether oxygens (including phenoxy) is 2. The van der Waals surface area contributed by atoms with E-state index in [4.69, 9.17) is 9.47 Å². The average molecular weight is 497 g/mol. The van der Waals surface area contributed by atoms with E-state index in [0.717, 1.165) is 10.8 Å². The molecular weight excluding hydrogens is 471 g/mol. The van der Waals surface area contributed by atoms with E-state index in [-0.39, 0.29) is 17.7 Å². The molecule has 5 aromatic rings. The van der Waals surface area contributed by atoms with Crippen molar-refractivity contribution in [2.45, 2.75) is 6.92 Å². The minimum Gasteiger partial charge on any atom is -0.460 e. The van der Waals surface area contributed by atoms with Crippen molar-refractivity contribution in [3.05, 3.63) is 102 Å². The number of nitrogens with zero attached hydrogens (tertiary/aromatic N) is 3. The SMILES string of the molecule is CCOCCOc1nc(-c2cccc(F)c2)n(-c2ccc(NC(=O)c3cccc4ccccc34)cc2)n1. The van der Waals surface area contributed by atoms with E-state index in [9.17, 15) is 9.18 Å². The summed E-state index contributed by atoms with van der Waals surface area (Å²) in [5.41, 5.74) is 2.46. The van der Waals surface area contributed by atoms with Gasteiger partial charge in [-0.05, 0) is 60.2 Å². The van der Waals surface area contributed by atoms with Crippen LogP contribution in [0.2, 0.25) is 0 Å². The smallest absolute Gasteiger partial charge is 0.336 e. The Hall–Kier alpha value is -4.56. The first-order valence-electron chi connectivity index (χ1n) is 12.0. The van der Waals surface area contributed by atoms with Gasteiger partial charge < -0.3 is 14.8 Å². The van der Waals surface area contributed by atoms with Crippen LogP contribution in [-0.2, 0) is 4.74 Å². The molecule has 1 amide bonds. The third kappa shape index (κ3) is 5.49.